The van der Waals surface area contributed by atoms with Crippen LogP contribution in [0.25, 0.3) is 0 Å². The third-order valence-electron chi connectivity index (χ3n) is 2.93. The molecule has 2 nitrogen and oxygen atoms in total. The summed E-state index contributed by atoms with van der Waals surface area (Å²) in [5, 5.41) is 0.479. The molecule has 2 rings (SSSR count). The van der Waals surface area contributed by atoms with Crippen molar-refractivity contribution in [2.75, 3.05) is 14.2 Å². The Hall–Kier alpha value is -0.710. The molecule has 0 amide bonds. The summed E-state index contributed by atoms with van der Waals surface area (Å²) in [6.45, 7) is 0. The van der Waals surface area contributed by atoms with Gasteiger partial charge in [0, 0.05) is 10.0 Å². The minimum Gasteiger partial charge on any atom is -0.495 e. The molecule has 1 unspecified atom stereocenters. The first-order valence-electron chi connectivity index (χ1n) is 5.88. The van der Waals surface area contributed by atoms with E-state index in [-0.39, 0.29) is 4.83 Å². The molecule has 0 saturated heterocycles. The van der Waals surface area contributed by atoms with Gasteiger partial charge in [-0.05, 0) is 23.8 Å². The van der Waals surface area contributed by atoms with E-state index in [2.05, 4.69) is 37.9 Å². The molecule has 2 aromatic carbocycles. The Bertz CT molecular complexity index is 617. The van der Waals surface area contributed by atoms with Crippen molar-refractivity contribution in [2.45, 2.75) is 4.83 Å². The second kappa shape index (κ2) is 6.83. The van der Waals surface area contributed by atoms with Gasteiger partial charge in [0.15, 0.2) is 0 Å². The fraction of sp³-hybridized carbons (Fsp3) is 0.200. The van der Waals surface area contributed by atoms with Gasteiger partial charge in [0.1, 0.15) is 16.5 Å². The standard InChI is InChI=1S/C15H13Br2ClO2/c1-19-12-7-6-11(15(20-2)14(12)18)13(17)9-4-3-5-10(16)8-9/h3-8,13H,1-2H3. The van der Waals surface area contributed by atoms with Crippen molar-refractivity contribution >= 4 is 43.5 Å². The van der Waals surface area contributed by atoms with Crippen LogP contribution < -0.4 is 9.47 Å². The van der Waals surface area contributed by atoms with E-state index in [0.29, 0.717) is 16.5 Å². The summed E-state index contributed by atoms with van der Waals surface area (Å²) in [6.07, 6.45) is 0. The molecule has 20 heavy (non-hydrogen) atoms. The summed E-state index contributed by atoms with van der Waals surface area (Å²) < 4.78 is 11.7. The Morgan fingerprint density at radius 1 is 1.10 bits per heavy atom. The Balaban J connectivity index is 2.49. The number of halogens is 3. The van der Waals surface area contributed by atoms with Crippen LogP contribution in [0, 0.1) is 0 Å². The molecule has 0 aromatic heterocycles. The Morgan fingerprint density at radius 3 is 2.45 bits per heavy atom. The van der Waals surface area contributed by atoms with E-state index in [9.17, 15) is 0 Å². The third-order valence-corrected chi connectivity index (χ3v) is 4.80. The lowest BCUT2D eigenvalue weighted by molar-refractivity contribution is 0.392. The summed E-state index contributed by atoms with van der Waals surface area (Å²) in [5.41, 5.74) is 2.07. The lowest BCUT2D eigenvalue weighted by Gasteiger charge is -2.17. The van der Waals surface area contributed by atoms with Crippen LogP contribution in [0.1, 0.15) is 16.0 Å². The van der Waals surface area contributed by atoms with Crippen molar-refractivity contribution in [1.29, 1.82) is 0 Å². The fourth-order valence-electron chi connectivity index (χ4n) is 1.96. The van der Waals surface area contributed by atoms with E-state index in [1.165, 1.54) is 0 Å². The van der Waals surface area contributed by atoms with E-state index in [4.69, 9.17) is 21.1 Å². The van der Waals surface area contributed by atoms with Gasteiger partial charge in [0.05, 0.1) is 19.0 Å². The Kier molecular flexibility index (Phi) is 5.35. The normalized spacial score (nSPS) is 12.1. The van der Waals surface area contributed by atoms with Gasteiger partial charge in [-0.3, -0.25) is 0 Å². The van der Waals surface area contributed by atoms with Gasteiger partial charge in [-0.2, -0.15) is 0 Å². The van der Waals surface area contributed by atoms with Gasteiger partial charge >= 0.3 is 0 Å². The summed E-state index contributed by atoms with van der Waals surface area (Å²) in [5.74, 6) is 1.22. The molecule has 0 fully saturated rings. The van der Waals surface area contributed by atoms with E-state index in [1.54, 1.807) is 14.2 Å². The molecule has 0 bridgehead atoms. The number of rotatable bonds is 4. The number of hydrogen-bond donors (Lipinski definition) is 0. The van der Waals surface area contributed by atoms with Gasteiger partial charge in [0.25, 0.3) is 0 Å². The van der Waals surface area contributed by atoms with Crippen molar-refractivity contribution in [2.24, 2.45) is 0 Å². The topological polar surface area (TPSA) is 18.5 Å². The monoisotopic (exact) mass is 418 g/mol. The quantitative estimate of drug-likeness (QED) is 0.599. The summed E-state index contributed by atoms with van der Waals surface area (Å²) in [7, 11) is 3.19. The van der Waals surface area contributed by atoms with Crippen LogP contribution >= 0.6 is 43.5 Å². The fourth-order valence-corrected chi connectivity index (χ4v) is 3.35. The Morgan fingerprint density at radius 2 is 1.85 bits per heavy atom. The average Bonchev–Trinajstić information content (AvgIpc) is 2.46. The predicted octanol–water partition coefficient (Wildman–Crippen LogP) is 5.60. The molecule has 2 aromatic rings. The van der Waals surface area contributed by atoms with Crippen molar-refractivity contribution in [3.8, 4) is 11.5 Å². The summed E-state index contributed by atoms with van der Waals surface area (Å²) >= 11 is 13.5. The second-order valence-electron chi connectivity index (χ2n) is 4.12. The number of benzene rings is 2. The SMILES string of the molecule is COc1ccc(C(Br)c2cccc(Br)c2)c(OC)c1Cl. The first-order chi connectivity index (χ1) is 9.58. The van der Waals surface area contributed by atoms with Crippen LogP contribution in [0.4, 0.5) is 0 Å². The van der Waals surface area contributed by atoms with Crippen LogP contribution in [0.3, 0.4) is 0 Å². The number of ether oxygens (including phenoxy) is 2. The van der Waals surface area contributed by atoms with Crippen molar-refractivity contribution in [3.05, 3.63) is 57.0 Å². The molecular formula is C15H13Br2ClO2. The number of hydrogen-bond acceptors (Lipinski definition) is 2. The van der Waals surface area contributed by atoms with Crippen LogP contribution in [0.2, 0.25) is 5.02 Å². The van der Waals surface area contributed by atoms with E-state index < -0.39 is 0 Å². The number of methoxy groups -OCH3 is 2. The maximum atomic E-state index is 6.30. The zero-order valence-electron chi connectivity index (χ0n) is 11.0. The maximum Gasteiger partial charge on any atom is 0.145 e. The lowest BCUT2D eigenvalue weighted by Crippen LogP contribution is -1.99. The minimum absolute atomic E-state index is 0.0154. The molecule has 0 saturated carbocycles. The van der Waals surface area contributed by atoms with Crippen LogP contribution in [0.5, 0.6) is 11.5 Å². The molecule has 0 radical (unpaired) electrons. The zero-order chi connectivity index (χ0) is 14.7. The molecule has 1 atom stereocenters. The van der Waals surface area contributed by atoms with Crippen LogP contribution in [-0.4, -0.2) is 14.2 Å². The van der Waals surface area contributed by atoms with E-state index in [0.717, 1.165) is 15.6 Å². The molecule has 0 N–H and O–H groups in total. The highest BCUT2D eigenvalue weighted by Gasteiger charge is 2.20. The highest BCUT2D eigenvalue weighted by atomic mass is 79.9. The average molecular weight is 421 g/mol. The van der Waals surface area contributed by atoms with Crippen LogP contribution in [-0.2, 0) is 0 Å². The predicted molar refractivity (Wildman–Crippen MR) is 89.5 cm³/mol. The second-order valence-corrected chi connectivity index (χ2v) is 6.33. The Labute approximate surface area is 140 Å². The van der Waals surface area contributed by atoms with Gasteiger partial charge in [-0.15, -0.1) is 0 Å². The molecular weight excluding hydrogens is 407 g/mol. The van der Waals surface area contributed by atoms with Gasteiger partial charge in [-0.1, -0.05) is 61.7 Å². The highest BCUT2D eigenvalue weighted by Crippen LogP contribution is 2.44. The molecule has 0 aliphatic heterocycles. The zero-order valence-corrected chi connectivity index (χ0v) is 14.9. The van der Waals surface area contributed by atoms with Gasteiger partial charge in [-0.25, -0.2) is 0 Å². The molecule has 0 aliphatic rings. The summed E-state index contributed by atoms with van der Waals surface area (Å²) in [6, 6.07) is 11.9. The van der Waals surface area contributed by atoms with E-state index in [1.807, 2.05) is 30.3 Å². The lowest BCUT2D eigenvalue weighted by atomic mass is 10.0. The first-order valence-corrected chi connectivity index (χ1v) is 7.97. The maximum absolute atomic E-state index is 6.30. The highest BCUT2D eigenvalue weighted by molar-refractivity contribution is 9.10. The molecule has 0 heterocycles. The summed E-state index contributed by atoms with van der Waals surface area (Å²) in [4.78, 5) is -0.0154. The first kappa shape index (κ1) is 15.7. The van der Waals surface area contributed by atoms with Crippen molar-refractivity contribution in [3.63, 3.8) is 0 Å². The van der Waals surface area contributed by atoms with Crippen molar-refractivity contribution in [1.82, 2.24) is 0 Å². The molecule has 5 heteroatoms. The minimum atomic E-state index is -0.0154. The van der Waals surface area contributed by atoms with Crippen molar-refractivity contribution < 1.29 is 9.47 Å². The van der Waals surface area contributed by atoms with E-state index >= 15 is 0 Å². The smallest absolute Gasteiger partial charge is 0.145 e. The third kappa shape index (κ3) is 3.13. The molecule has 0 aliphatic carbocycles. The molecule has 0 spiro atoms. The number of alkyl halides is 1. The largest absolute Gasteiger partial charge is 0.495 e. The van der Waals surface area contributed by atoms with Crippen LogP contribution in [0.15, 0.2) is 40.9 Å². The van der Waals surface area contributed by atoms with Gasteiger partial charge < -0.3 is 9.47 Å². The molecule has 106 valence electrons. The van der Waals surface area contributed by atoms with Gasteiger partial charge in [0.2, 0.25) is 0 Å².